The molecule has 7 heteroatoms. The molecule has 3 N–H and O–H groups in total. The molecule has 0 saturated carbocycles. The van der Waals surface area contributed by atoms with E-state index in [-0.39, 0.29) is 18.0 Å². The number of nitrogens with two attached hydrogens (primary N) is 1. The summed E-state index contributed by atoms with van der Waals surface area (Å²) in [5.74, 6) is 0.404. The largest absolute Gasteiger partial charge is 0.416 e. The molecule has 0 bridgehead atoms. The zero-order valence-corrected chi connectivity index (χ0v) is 14.2. The number of alkyl halides is 3. The van der Waals surface area contributed by atoms with Gasteiger partial charge < -0.3 is 10.8 Å². The van der Waals surface area contributed by atoms with Gasteiger partial charge in [0.2, 0.25) is 0 Å². The lowest BCUT2D eigenvalue weighted by Crippen LogP contribution is -2.27. The lowest BCUT2D eigenvalue weighted by Gasteiger charge is -2.22. The summed E-state index contributed by atoms with van der Waals surface area (Å²) in [6.07, 6.45) is -4.05. The lowest BCUT2D eigenvalue weighted by molar-refractivity contribution is -0.137. The highest BCUT2D eigenvalue weighted by Crippen LogP contribution is 2.34. The number of benzene rings is 1. The average Bonchev–Trinajstić information content (AvgIpc) is 2.34. The molecule has 21 heavy (non-hydrogen) atoms. The zero-order chi connectivity index (χ0) is 15.5. The van der Waals surface area contributed by atoms with Gasteiger partial charge in [-0.05, 0) is 42.5 Å². The lowest BCUT2D eigenvalue weighted by atomic mass is 9.95. The third-order valence-electron chi connectivity index (χ3n) is 3.14. The molecule has 0 unspecified atom stereocenters. The van der Waals surface area contributed by atoms with Crippen LogP contribution >= 0.6 is 28.3 Å². The Morgan fingerprint density at radius 2 is 1.81 bits per heavy atom. The van der Waals surface area contributed by atoms with E-state index in [4.69, 9.17) is 5.73 Å². The van der Waals surface area contributed by atoms with Crippen molar-refractivity contribution in [3.8, 4) is 0 Å². The summed E-state index contributed by atoms with van der Waals surface area (Å²) >= 11 is 3.19. The van der Waals surface area contributed by atoms with Gasteiger partial charge in [-0.2, -0.15) is 13.2 Å². The summed E-state index contributed by atoms with van der Waals surface area (Å²) in [4.78, 5) is 0. The predicted molar refractivity (Wildman–Crippen MR) is 83.4 cm³/mol. The van der Waals surface area contributed by atoms with Crippen LogP contribution in [0.1, 0.15) is 43.9 Å². The van der Waals surface area contributed by atoms with Gasteiger partial charge in [0.1, 0.15) is 0 Å². The van der Waals surface area contributed by atoms with Crippen molar-refractivity contribution >= 4 is 28.3 Å². The fourth-order valence-electron chi connectivity index (χ4n) is 1.87. The first-order valence-electron chi connectivity index (χ1n) is 6.43. The fraction of sp³-hybridized carbons (Fsp3) is 0.571. The molecule has 0 aromatic heterocycles. The van der Waals surface area contributed by atoms with Crippen molar-refractivity contribution in [3.05, 3.63) is 33.8 Å². The van der Waals surface area contributed by atoms with Gasteiger partial charge in [0.25, 0.3) is 0 Å². The number of hydrogen-bond donors (Lipinski definition) is 2. The monoisotopic (exact) mass is 389 g/mol. The minimum atomic E-state index is -4.42. The fourth-order valence-corrected chi connectivity index (χ4v) is 2.38. The normalized spacial score (nSPS) is 14.7. The summed E-state index contributed by atoms with van der Waals surface area (Å²) in [5.41, 5.74) is 5.40. The van der Waals surface area contributed by atoms with Crippen LogP contribution < -0.4 is 5.73 Å². The summed E-state index contributed by atoms with van der Waals surface area (Å²) in [6, 6.07) is 2.45. The van der Waals surface area contributed by atoms with Crippen LogP contribution in [0.2, 0.25) is 0 Å². The van der Waals surface area contributed by atoms with E-state index in [0.29, 0.717) is 16.8 Å². The van der Waals surface area contributed by atoms with Gasteiger partial charge in [0.15, 0.2) is 0 Å². The van der Waals surface area contributed by atoms with Gasteiger partial charge >= 0.3 is 6.18 Å². The van der Waals surface area contributed by atoms with Crippen molar-refractivity contribution in [2.75, 3.05) is 0 Å². The number of rotatable bonds is 5. The van der Waals surface area contributed by atoms with Gasteiger partial charge in [-0.15, -0.1) is 12.4 Å². The van der Waals surface area contributed by atoms with E-state index < -0.39 is 23.9 Å². The maximum Gasteiger partial charge on any atom is 0.416 e. The van der Waals surface area contributed by atoms with Gasteiger partial charge in [-0.3, -0.25) is 0 Å². The summed E-state index contributed by atoms with van der Waals surface area (Å²) in [7, 11) is 0. The van der Waals surface area contributed by atoms with Crippen LogP contribution in [0.3, 0.4) is 0 Å². The van der Waals surface area contributed by atoms with Crippen LogP contribution in [-0.4, -0.2) is 11.2 Å². The summed E-state index contributed by atoms with van der Waals surface area (Å²) in [6.45, 7) is 4.02. The molecular weight excluding hydrogens is 371 g/mol. The Labute approximate surface area is 137 Å². The molecule has 122 valence electrons. The van der Waals surface area contributed by atoms with Crippen molar-refractivity contribution in [3.63, 3.8) is 0 Å². The number of aliphatic hydroxyl groups is 1. The third kappa shape index (κ3) is 6.14. The second-order valence-corrected chi connectivity index (χ2v) is 6.15. The Morgan fingerprint density at radius 1 is 1.24 bits per heavy atom. The van der Waals surface area contributed by atoms with E-state index in [1.54, 1.807) is 0 Å². The maximum atomic E-state index is 12.7. The van der Waals surface area contributed by atoms with Gasteiger partial charge in [-0.1, -0.05) is 29.8 Å². The van der Waals surface area contributed by atoms with E-state index in [0.717, 1.165) is 18.6 Å². The van der Waals surface area contributed by atoms with E-state index >= 15 is 0 Å². The van der Waals surface area contributed by atoms with Crippen molar-refractivity contribution in [1.82, 2.24) is 0 Å². The Bertz CT molecular complexity index is 454. The molecule has 0 aliphatic rings. The van der Waals surface area contributed by atoms with Crippen LogP contribution in [-0.2, 0) is 6.18 Å². The second kappa shape index (κ2) is 8.36. The molecule has 1 aromatic rings. The first kappa shape index (κ1) is 20.7. The molecule has 0 aliphatic heterocycles. The molecule has 0 radical (unpaired) electrons. The smallest absolute Gasteiger partial charge is 0.391 e. The SMILES string of the molecule is CC(C)CC[C@@H](O)[C@@H](N)c1cc(C(F)(F)F)ccc1Br.Cl. The minimum absolute atomic E-state index is 0. The number of aliphatic hydroxyl groups excluding tert-OH is 1. The first-order chi connectivity index (χ1) is 9.12. The van der Waals surface area contributed by atoms with Crippen molar-refractivity contribution in [1.29, 1.82) is 0 Å². The number of halogens is 5. The Hall–Kier alpha value is -0.300. The van der Waals surface area contributed by atoms with Crippen molar-refractivity contribution < 1.29 is 18.3 Å². The van der Waals surface area contributed by atoms with Crippen LogP contribution in [0.4, 0.5) is 13.2 Å². The quantitative estimate of drug-likeness (QED) is 0.766. The van der Waals surface area contributed by atoms with Crippen LogP contribution in [0.5, 0.6) is 0 Å². The molecule has 2 atom stereocenters. The van der Waals surface area contributed by atoms with Gasteiger partial charge in [-0.25, -0.2) is 0 Å². The van der Waals surface area contributed by atoms with Crippen LogP contribution in [0.15, 0.2) is 22.7 Å². The molecule has 0 saturated heterocycles. The highest BCUT2D eigenvalue weighted by molar-refractivity contribution is 9.10. The molecule has 0 aliphatic carbocycles. The molecule has 1 rings (SSSR count). The van der Waals surface area contributed by atoms with E-state index in [9.17, 15) is 18.3 Å². The Morgan fingerprint density at radius 3 is 2.29 bits per heavy atom. The van der Waals surface area contributed by atoms with E-state index in [2.05, 4.69) is 15.9 Å². The molecule has 0 fully saturated rings. The second-order valence-electron chi connectivity index (χ2n) is 5.30. The Balaban J connectivity index is 0.00000400. The number of hydrogen-bond acceptors (Lipinski definition) is 2. The summed E-state index contributed by atoms with van der Waals surface area (Å²) in [5, 5.41) is 10.0. The van der Waals surface area contributed by atoms with Gasteiger partial charge in [0, 0.05) is 4.47 Å². The standard InChI is InChI=1S/C14H19BrF3NO.ClH/c1-8(2)3-6-12(20)13(19)10-7-9(14(16,17)18)4-5-11(10)15;/h4-5,7-8,12-13,20H,3,6,19H2,1-2H3;1H/t12-,13+;/m1./s1. The Kier molecular flexibility index (Phi) is 8.24. The summed E-state index contributed by atoms with van der Waals surface area (Å²) < 4.78 is 38.6. The van der Waals surface area contributed by atoms with E-state index in [1.165, 1.54) is 6.07 Å². The molecule has 0 heterocycles. The third-order valence-corrected chi connectivity index (χ3v) is 3.86. The minimum Gasteiger partial charge on any atom is -0.391 e. The van der Waals surface area contributed by atoms with Crippen LogP contribution in [0.25, 0.3) is 0 Å². The van der Waals surface area contributed by atoms with E-state index in [1.807, 2.05) is 13.8 Å². The molecule has 2 nitrogen and oxygen atoms in total. The topological polar surface area (TPSA) is 46.2 Å². The molecule has 1 aromatic carbocycles. The molecule has 0 spiro atoms. The maximum absolute atomic E-state index is 12.7. The highest BCUT2D eigenvalue weighted by Gasteiger charge is 2.32. The van der Waals surface area contributed by atoms with Crippen LogP contribution in [0, 0.1) is 5.92 Å². The highest BCUT2D eigenvalue weighted by atomic mass is 79.9. The van der Waals surface area contributed by atoms with Crippen molar-refractivity contribution in [2.45, 2.75) is 45.0 Å². The molecular formula is C14H20BrClF3NO. The first-order valence-corrected chi connectivity index (χ1v) is 7.22. The average molecular weight is 391 g/mol. The van der Waals surface area contributed by atoms with Gasteiger partial charge in [0.05, 0.1) is 17.7 Å². The predicted octanol–water partition coefficient (Wildman–Crippen LogP) is 4.69. The zero-order valence-electron chi connectivity index (χ0n) is 11.8. The van der Waals surface area contributed by atoms with Crippen molar-refractivity contribution in [2.24, 2.45) is 11.7 Å². The molecule has 0 amide bonds.